The largest absolute Gasteiger partial charge is 0.452 e. The molecule has 0 radical (unpaired) electrons. The molecule has 29 heavy (non-hydrogen) atoms. The molecule has 1 aromatic heterocycles. The lowest BCUT2D eigenvalue weighted by molar-refractivity contribution is -0.136. The first-order chi connectivity index (χ1) is 14.0. The normalized spacial score (nSPS) is 14.8. The van der Waals surface area contributed by atoms with E-state index >= 15 is 0 Å². The van der Waals surface area contributed by atoms with E-state index < -0.39 is 5.97 Å². The third-order valence-corrected chi connectivity index (χ3v) is 5.44. The second kappa shape index (κ2) is 9.86. The Balaban J connectivity index is 1.53. The van der Waals surface area contributed by atoms with Gasteiger partial charge in [-0.05, 0) is 37.4 Å². The minimum absolute atomic E-state index is 0.111. The minimum atomic E-state index is -0.533. The number of piperazine rings is 1. The number of hydrogen-bond acceptors (Lipinski definition) is 8. The second-order valence-corrected chi connectivity index (χ2v) is 7.41. The molecule has 2 heterocycles. The van der Waals surface area contributed by atoms with E-state index in [0.717, 1.165) is 16.7 Å². The van der Waals surface area contributed by atoms with E-state index in [4.69, 9.17) is 9.84 Å². The van der Waals surface area contributed by atoms with Crippen LogP contribution in [0.25, 0.3) is 5.69 Å². The summed E-state index contributed by atoms with van der Waals surface area (Å²) < 4.78 is 7.10. The van der Waals surface area contributed by atoms with Crippen LogP contribution in [-0.4, -0.2) is 93.7 Å². The van der Waals surface area contributed by atoms with E-state index in [2.05, 4.69) is 15.1 Å². The van der Waals surface area contributed by atoms with Crippen LogP contribution in [0.5, 0.6) is 0 Å². The lowest BCUT2D eigenvalue weighted by atomic mass is 10.2. The first-order valence-electron chi connectivity index (χ1n) is 9.38. The summed E-state index contributed by atoms with van der Waals surface area (Å²) in [6, 6.07) is 6.93. The lowest BCUT2D eigenvalue weighted by Gasteiger charge is -2.34. The fraction of sp³-hybridized carbons (Fsp3) is 0.474. The molecule has 0 spiro atoms. The van der Waals surface area contributed by atoms with Gasteiger partial charge in [0.15, 0.2) is 11.8 Å². The first-order valence-corrected chi connectivity index (χ1v) is 10.6. The molecule has 0 unspecified atom stereocenters. The molecule has 1 N–H and O–H groups in total. The van der Waals surface area contributed by atoms with Crippen molar-refractivity contribution in [3.8, 4) is 5.69 Å². The molecule has 1 aliphatic heterocycles. The summed E-state index contributed by atoms with van der Waals surface area (Å²) in [6.45, 7) is 4.87. The van der Waals surface area contributed by atoms with Gasteiger partial charge in [-0.15, -0.1) is 10.2 Å². The number of aliphatic hydroxyl groups excluding tert-OH is 1. The molecular formula is C19H25N5O4S. The number of ether oxygens (including phenoxy) is 1. The van der Waals surface area contributed by atoms with Gasteiger partial charge >= 0.3 is 5.97 Å². The molecular weight excluding hydrogens is 394 g/mol. The maximum atomic E-state index is 12.3. The van der Waals surface area contributed by atoms with Gasteiger partial charge in [0.05, 0.1) is 12.2 Å². The van der Waals surface area contributed by atoms with Gasteiger partial charge in [0, 0.05) is 38.4 Å². The van der Waals surface area contributed by atoms with Gasteiger partial charge in [0.2, 0.25) is 0 Å². The number of aliphatic hydroxyl groups is 1. The average Bonchev–Trinajstić information content (AvgIpc) is 3.13. The summed E-state index contributed by atoms with van der Waals surface area (Å²) in [5.74, 6) is 0.0205. The van der Waals surface area contributed by atoms with Gasteiger partial charge in [-0.2, -0.15) is 0 Å². The standard InChI is InChI=1S/C19H25N5O4S/c1-14-20-21-19(29-2)24(14)16-5-3-15(4-6-16)18(27)28-13-17(26)23-9-7-22(8-10-23)11-12-25/h3-6,25H,7-13H2,1-2H3. The number of rotatable bonds is 7. The smallest absolute Gasteiger partial charge is 0.338 e. The summed E-state index contributed by atoms with van der Waals surface area (Å²) >= 11 is 1.49. The molecule has 156 valence electrons. The average molecular weight is 420 g/mol. The van der Waals surface area contributed by atoms with E-state index in [-0.39, 0.29) is 19.1 Å². The summed E-state index contributed by atoms with van der Waals surface area (Å²) in [4.78, 5) is 28.3. The minimum Gasteiger partial charge on any atom is -0.452 e. The number of hydrogen-bond donors (Lipinski definition) is 1. The molecule has 1 aliphatic rings. The highest BCUT2D eigenvalue weighted by Crippen LogP contribution is 2.20. The van der Waals surface area contributed by atoms with E-state index in [9.17, 15) is 9.59 Å². The summed E-state index contributed by atoms with van der Waals surface area (Å²) in [7, 11) is 0. The topological polar surface area (TPSA) is 101 Å². The van der Waals surface area contributed by atoms with Crippen LogP contribution in [0.15, 0.2) is 29.4 Å². The first kappa shape index (κ1) is 21.3. The van der Waals surface area contributed by atoms with Gasteiger partial charge < -0.3 is 14.7 Å². The summed E-state index contributed by atoms with van der Waals surface area (Å²) in [5, 5.41) is 17.9. The van der Waals surface area contributed by atoms with E-state index in [0.29, 0.717) is 38.3 Å². The zero-order chi connectivity index (χ0) is 20.8. The summed E-state index contributed by atoms with van der Waals surface area (Å²) in [6.07, 6.45) is 1.93. The van der Waals surface area contributed by atoms with E-state index in [1.807, 2.05) is 17.7 Å². The van der Waals surface area contributed by atoms with Crippen molar-refractivity contribution in [2.75, 3.05) is 52.2 Å². The van der Waals surface area contributed by atoms with Crippen molar-refractivity contribution < 1.29 is 19.4 Å². The van der Waals surface area contributed by atoms with Crippen molar-refractivity contribution in [2.24, 2.45) is 0 Å². The summed E-state index contributed by atoms with van der Waals surface area (Å²) in [5.41, 5.74) is 1.23. The van der Waals surface area contributed by atoms with E-state index in [1.165, 1.54) is 11.8 Å². The molecule has 0 bridgehead atoms. The highest BCUT2D eigenvalue weighted by atomic mass is 32.2. The molecule has 2 aromatic rings. The Hall–Kier alpha value is -2.43. The molecule has 9 nitrogen and oxygen atoms in total. The Morgan fingerprint density at radius 2 is 1.83 bits per heavy atom. The van der Waals surface area contributed by atoms with Crippen molar-refractivity contribution >= 4 is 23.6 Å². The predicted octanol–water partition coefficient (Wildman–Crippen LogP) is 0.591. The zero-order valence-corrected chi connectivity index (χ0v) is 17.4. The molecule has 1 fully saturated rings. The van der Waals surface area contributed by atoms with Crippen molar-refractivity contribution in [1.29, 1.82) is 0 Å². The number of carbonyl (C=O) groups excluding carboxylic acids is 2. The van der Waals surface area contributed by atoms with Crippen LogP contribution >= 0.6 is 11.8 Å². The third-order valence-electron chi connectivity index (χ3n) is 4.81. The number of carbonyl (C=O) groups is 2. The number of β-amino-alcohol motifs (C(OH)–C–C–N with tert-alkyl or cyclic N) is 1. The molecule has 3 rings (SSSR count). The van der Waals surface area contributed by atoms with Crippen molar-refractivity contribution in [1.82, 2.24) is 24.6 Å². The molecule has 1 amide bonds. The number of amides is 1. The zero-order valence-electron chi connectivity index (χ0n) is 16.6. The maximum absolute atomic E-state index is 12.3. The number of thioether (sulfide) groups is 1. The number of aromatic nitrogens is 3. The fourth-order valence-electron chi connectivity index (χ4n) is 3.18. The van der Waals surface area contributed by atoms with Crippen molar-refractivity contribution in [3.05, 3.63) is 35.7 Å². The second-order valence-electron chi connectivity index (χ2n) is 6.64. The highest BCUT2D eigenvalue weighted by Gasteiger charge is 2.22. The van der Waals surface area contributed by atoms with Crippen molar-refractivity contribution in [3.63, 3.8) is 0 Å². The van der Waals surface area contributed by atoms with Gasteiger partial charge in [0.25, 0.3) is 5.91 Å². The Kier molecular flexibility index (Phi) is 7.24. The van der Waals surface area contributed by atoms with Gasteiger partial charge in [-0.25, -0.2) is 4.79 Å². The van der Waals surface area contributed by atoms with Crippen molar-refractivity contribution in [2.45, 2.75) is 12.1 Å². The van der Waals surface area contributed by atoms with Crippen LogP contribution in [0.4, 0.5) is 0 Å². The Labute approximate surface area is 173 Å². The van der Waals surface area contributed by atoms with E-state index in [1.54, 1.807) is 29.2 Å². The molecule has 10 heteroatoms. The number of esters is 1. The number of nitrogens with zero attached hydrogens (tertiary/aromatic N) is 5. The molecule has 0 aliphatic carbocycles. The SMILES string of the molecule is CSc1nnc(C)n1-c1ccc(C(=O)OCC(=O)N2CCN(CCO)CC2)cc1. The third kappa shape index (κ3) is 5.14. The quantitative estimate of drug-likeness (QED) is 0.514. The lowest BCUT2D eigenvalue weighted by Crippen LogP contribution is -2.50. The van der Waals surface area contributed by atoms with Crippen LogP contribution in [0.1, 0.15) is 16.2 Å². The maximum Gasteiger partial charge on any atom is 0.338 e. The predicted molar refractivity (Wildman–Crippen MR) is 108 cm³/mol. The Bertz CT molecular complexity index is 847. The molecule has 0 saturated carbocycles. The fourth-order valence-corrected chi connectivity index (χ4v) is 3.73. The van der Waals surface area contributed by atoms with Crippen LogP contribution < -0.4 is 0 Å². The van der Waals surface area contributed by atoms with Crippen LogP contribution in [0, 0.1) is 6.92 Å². The number of aryl methyl sites for hydroxylation is 1. The number of benzene rings is 1. The van der Waals surface area contributed by atoms with Crippen LogP contribution in [-0.2, 0) is 9.53 Å². The Morgan fingerprint density at radius 3 is 2.45 bits per heavy atom. The Morgan fingerprint density at radius 1 is 1.14 bits per heavy atom. The highest BCUT2D eigenvalue weighted by molar-refractivity contribution is 7.98. The van der Waals surface area contributed by atoms with Gasteiger partial charge in [-0.3, -0.25) is 14.3 Å². The van der Waals surface area contributed by atoms with Gasteiger partial charge in [-0.1, -0.05) is 11.8 Å². The van der Waals surface area contributed by atoms with Crippen LogP contribution in [0.3, 0.4) is 0 Å². The molecule has 1 aromatic carbocycles. The van der Waals surface area contributed by atoms with Crippen LogP contribution in [0.2, 0.25) is 0 Å². The molecule has 0 atom stereocenters. The van der Waals surface area contributed by atoms with Gasteiger partial charge in [0.1, 0.15) is 5.82 Å². The monoisotopic (exact) mass is 419 g/mol. The molecule has 1 saturated heterocycles.